The van der Waals surface area contributed by atoms with E-state index in [1.54, 1.807) is 25.7 Å². The molecule has 0 spiro atoms. The molecule has 63 heavy (non-hydrogen) atoms. The second-order valence-electron chi connectivity index (χ2n) is 20.6. The number of amides is 3. The number of carbonyl (C=O) groups is 3. The average molecular weight is 884 g/mol. The van der Waals surface area contributed by atoms with Crippen molar-refractivity contribution in [3.05, 3.63) is 83.2 Å². The molecule has 3 amide bonds. The maximum Gasteiger partial charge on any atom is 0.410 e. The van der Waals surface area contributed by atoms with Gasteiger partial charge in [-0.15, -0.1) is 0 Å². The van der Waals surface area contributed by atoms with Gasteiger partial charge in [-0.25, -0.2) is 23.4 Å². The number of aromatic amines is 1. The summed E-state index contributed by atoms with van der Waals surface area (Å²) in [5.74, 6) is -0.711. The van der Waals surface area contributed by atoms with E-state index in [0.717, 1.165) is 47.1 Å². The minimum Gasteiger partial charge on any atom is -0.444 e. The monoisotopic (exact) mass is 883 g/mol. The Hall–Kier alpha value is -5.18. The van der Waals surface area contributed by atoms with Gasteiger partial charge in [-0.1, -0.05) is 31.3 Å². The fourth-order valence-corrected chi connectivity index (χ4v) is 11.8. The molecule has 3 aromatic carbocycles. The van der Waals surface area contributed by atoms with E-state index >= 15 is 8.78 Å². The number of nitrogens with zero attached hydrogens (tertiary/aromatic N) is 5. The summed E-state index contributed by atoms with van der Waals surface area (Å²) < 4.78 is 44.1. The number of halogens is 2. The molecule has 1 unspecified atom stereocenters. The summed E-state index contributed by atoms with van der Waals surface area (Å²) in [5.41, 5.74) is 3.29. The van der Waals surface area contributed by atoms with E-state index in [-0.39, 0.29) is 35.8 Å². The molecule has 4 atom stereocenters. The molecular weight excluding hydrogens is 821 g/mol. The maximum atomic E-state index is 16.4. The Morgan fingerprint density at radius 3 is 1.94 bits per heavy atom. The highest BCUT2D eigenvalue weighted by Crippen LogP contribution is 2.49. The van der Waals surface area contributed by atoms with Crippen LogP contribution in [0, 0.1) is 11.6 Å². The fourth-order valence-electron chi connectivity index (χ4n) is 9.76. The summed E-state index contributed by atoms with van der Waals surface area (Å²) in [5, 5.41) is 3.00. The molecule has 1 aromatic heterocycles. The summed E-state index contributed by atoms with van der Waals surface area (Å²) in [6.07, 6.45) is 3.42. The van der Waals surface area contributed by atoms with Crippen LogP contribution in [-0.4, -0.2) is 89.4 Å². The number of nitrogens with one attached hydrogen (secondary N) is 2. The lowest BCUT2D eigenvalue weighted by atomic mass is 10.0. The van der Waals surface area contributed by atoms with Crippen LogP contribution in [0.4, 0.5) is 35.4 Å². The average Bonchev–Trinajstić information content (AvgIpc) is 4.02. The zero-order chi connectivity index (χ0) is 45.0. The molecule has 4 fully saturated rings. The van der Waals surface area contributed by atoms with E-state index in [4.69, 9.17) is 14.5 Å². The summed E-state index contributed by atoms with van der Waals surface area (Å²) in [4.78, 5) is 55.2. The third-order valence-corrected chi connectivity index (χ3v) is 16.1. The Morgan fingerprint density at radius 2 is 1.30 bits per heavy atom. The lowest BCUT2D eigenvalue weighted by molar-refractivity contribution is -0.120. The van der Waals surface area contributed by atoms with Gasteiger partial charge in [0.1, 0.15) is 28.8 Å². The third kappa shape index (κ3) is 9.68. The Balaban J connectivity index is 1.08. The summed E-state index contributed by atoms with van der Waals surface area (Å²) in [7, 11) is -1.37. The van der Waals surface area contributed by atoms with E-state index in [1.807, 2.05) is 62.1 Å². The molecular formula is C48H63F2N7O5Si. The van der Waals surface area contributed by atoms with Crippen LogP contribution < -0.4 is 15.1 Å². The number of fused-ring (bicyclic) bond motifs is 1. The molecule has 4 aliphatic rings. The number of hydrogen-bond acceptors (Lipinski definition) is 8. The number of likely N-dealkylation sites (tertiary alicyclic amines) is 2. The number of carbonyl (C=O) groups excluding carboxylic acids is 3. The molecule has 4 aliphatic heterocycles. The van der Waals surface area contributed by atoms with Gasteiger partial charge in [0.25, 0.3) is 0 Å². The van der Waals surface area contributed by atoms with Gasteiger partial charge in [-0.2, -0.15) is 0 Å². The normalized spacial score (nSPS) is 22.8. The maximum absolute atomic E-state index is 16.4. The van der Waals surface area contributed by atoms with Crippen LogP contribution in [0.2, 0.25) is 25.2 Å². The van der Waals surface area contributed by atoms with Crippen molar-refractivity contribution in [2.24, 2.45) is 0 Å². The van der Waals surface area contributed by atoms with Gasteiger partial charge >= 0.3 is 12.2 Å². The highest BCUT2D eigenvalue weighted by Gasteiger charge is 2.40. The number of ether oxygens (including phenoxy) is 2. The molecule has 2 N–H and O–H groups in total. The van der Waals surface area contributed by atoms with E-state index < -0.39 is 43.0 Å². The number of imidazole rings is 1. The van der Waals surface area contributed by atoms with Crippen LogP contribution in [0.1, 0.15) is 115 Å². The Bertz CT molecular complexity index is 2330. The van der Waals surface area contributed by atoms with Gasteiger partial charge < -0.3 is 29.6 Å². The van der Waals surface area contributed by atoms with Gasteiger partial charge in [0, 0.05) is 37.6 Å². The summed E-state index contributed by atoms with van der Waals surface area (Å²) in [6.45, 7) is 18.0. The molecule has 5 heterocycles. The number of anilines is 3. The van der Waals surface area contributed by atoms with Crippen LogP contribution >= 0.6 is 0 Å². The van der Waals surface area contributed by atoms with Gasteiger partial charge in [0.15, 0.2) is 11.6 Å². The minimum atomic E-state index is -1.37. The number of benzene rings is 3. The van der Waals surface area contributed by atoms with Crippen molar-refractivity contribution in [1.29, 1.82) is 0 Å². The SMILES string of the molecule is CC(C)(C)OC(=O)N1CCCC1c1nc2ccc([C@@H]3CC[C@@H](c4ccc(NC(=O)[C@@H]5CCCN5C(=O)OC(C)(C)C)cc4)N3c3cc(F)c(N4CC[Si](C)(C)CC4)c(F)c3)cc2[nH]1. The van der Waals surface area contributed by atoms with E-state index in [1.165, 1.54) is 17.0 Å². The third-order valence-electron chi connectivity index (χ3n) is 13.0. The summed E-state index contributed by atoms with van der Waals surface area (Å²) in [6, 6.07) is 17.3. The smallest absolute Gasteiger partial charge is 0.410 e. The molecule has 12 nitrogen and oxygen atoms in total. The minimum absolute atomic E-state index is 0.0434. The lowest BCUT2D eigenvalue weighted by Crippen LogP contribution is -2.45. The van der Waals surface area contributed by atoms with Crippen molar-refractivity contribution >= 4 is 54.3 Å². The quantitative estimate of drug-likeness (QED) is 0.176. The number of hydrogen-bond donors (Lipinski definition) is 2. The number of aromatic nitrogens is 2. The number of H-pyrrole nitrogens is 1. The van der Waals surface area contributed by atoms with Crippen molar-refractivity contribution in [2.75, 3.05) is 41.3 Å². The highest BCUT2D eigenvalue weighted by molar-refractivity contribution is 6.77. The molecule has 338 valence electrons. The molecule has 8 rings (SSSR count). The first kappa shape index (κ1) is 44.4. The predicted molar refractivity (Wildman–Crippen MR) is 245 cm³/mol. The van der Waals surface area contributed by atoms with Crippen molar-refractivity contribution in [1.82, 2.24) is 19.8 Å². The molecule has 4 aromatic rings. The van der Waals surface area contributed by atoms with Crippen LogP contribution in [-0.2, 0) is 14.3 Å². The molecule has 0 bridgehead atoms. The number of rotatable bonds is 7. The Labute approximate surface area is 370 Å². The van der Waals surface area contributed by atoms with Crippen molar-refractivity contribution in [3.8, 4) is 0 Å². The zero-order valence-corrected chi connectivity index (χ0v) is 39.0. The van der Waals surface area contributed by atoms with Crippen molar-refractivity contribution < 1.29 is 32.6 Å². The standard InChI is InChI=1S/C48H63F2N7O5Si/c1-47(2,3)61-45(59)55-21-9-11-40(55)43-52-36-18-15-31(27-37(36)53-43)39-20-19-38(57(39)33-28-34(49)42(35(50)29-33)54-23-25-63(7,8)26-24-54)30-13-16-32(17-14-30)51-44(58)41-12-10-22-56(41)46(60)62-48(4,5)6/h13-18,27-29,38-41H,9-12,19-26H2,1-8H3,(H,51,58)(H,52,53)/t38-,39-,40?,41-/m0/s1. The highest BCUT2D eigenvalue weighted by atomic mass is 28.3. The zero-order valence-electron chi connectivity index (χ0n) is 38.0. The molecule has 0 aliphatic carbocycles. The van der Waals surface area contributed by atoms with Crippen LogP contribution in [0.15, 0.2) is 54.6 Å². The topological polar surface area (TPSA) is 123 Å². The van der Waals surface area contributed by atoms with Gasteiger partial charge in [-0.05, 0) is 140 Å². The van der Waals surface area contributed by atoms with E-state index in [9.17, 15) is 14.4 Å². The van der Waals surface area contributed by atoms with Crippen LogP contribution in [0.3, 0.4) is 0 Å². The first-order valence-corrected chi connectivity index (χ1v) is 26.1. The Kier molecular flexibility index (Phi) is 12.0. The van der Waals surface area contributed by atoms with Crippen LogP contribution in [0.25, 0.3) is 11.0 Å². The van der Waals surface area contributed by atoms with Crippen molar-refractivity contribution in [3.63, 3.8) is 0 Å². The fraction of sp³-hybridized carbons (Fsp3) is 0.542. The van der Waals surface area contributed by atoms with Gasteiger partial charge in [-0.3, -0.25) is 14.6 Å². The first-order valence-electron chi connectivity index (χ1n) is 22.7. The second-order valence-corrected chi connectivity index (χ2v) is 25.9. The van der Waals surface area contributed by atoms with Crippen molar-refractivity contribution in [2.45, 2.75) is 141 Å². The molecule has 15 heteroatoms. The van der Waals surface area contributed by atoms with E-state index in [0.29, 0.717) is 69.1 Å². The molecule has 0 radical (unpaired) electrons. The first-order chi connectivity index (χ1) is 29.7. The van der Waals surface area contributed by atoms with Gasteiger partial charge in [0.05, 0.1) is 37.2 Å². The molecule has 0 saturated carbocycles. The van der Waals surface area contributed by atoms with E-state index in [2.05, 4.69) is 34.4 Å². The Morgan fingerprint density at radius 1 is 0.730 bits per heavy atom. The summed E-state index contributed by atoms with van der Waals surface area (Å²) >= 11 is 0. The predicted octanol–water partition coefficient (Wildman–Crippen LogP) is 10.9. The lowest BCUT2D eigenvalue weighted by Gasteiger charge is -2.38. The van der Waals surface area contributed by atoms with Crippen LogP contribution in [0.5, 0.6) is 0 Å². The second kappa shape index (κ2) is 17.1. The molecule has 4 saturated heterocycles. The van der Waals surface area contributed by atoms with Gasteiger partial charge in [0.2, 0.25) is 5.91 Å². The largest absolute Gasteiger partial charge is 0.444 e.